The summed E-state index contributed by atoms with van der Waals surface area (Å²) in [6, 6.07) is 5.91. The number of carbonyl (C=O) groups is 1. The van der Waals surface area contributed by atoms with Gasteiger partial charge in [-0.1, -0.05) is 6.07 Å². The van der Waals surface area contributed by atoms with E-state index in [9.17, 15) is 9.90 Å². The monoisotopic (exact) mass is 300 g/mol. The highest BCUT2D eigenvalue weighted by atomic mass is 16.3. The van der Waals surface area contributed by atoms with Crippen LogP contribution in [0.15, 0.2) is 18.2 Å². The molecule has 1 fully saturated rings. The first-order valence-corrected chi connectivity index (χ1v) is 7.91. The van der Waals surface area contributed by atoms with Crippen LogP contribution in [0.4, 0.5) is 0 Å². The lowest BCUT2D eigenvalue weighted by molar-refractivity contribution is 0.000157. The Kier molecular flexibility index (Phi) is 3.52. The topological polar surface area (TPSA) is 56.3 Å². The second-order valence-corrected chi connectivity index (χ2v) is 6.96. The number of benzene rings is 1. The zero-order valence-corrected chi connectivity index (χ0v) is 13.7. The van der Waals surface area contributed by atoms with Crippen LogP contribution >= 0.6 is 0 Å². The lowest BCUT2D eigenvalue weighted by atomic mass is 9.96. The number of fused-ring (bicyclic) bond motifs is 1. The number of H-pyrrole nitrogens is 1. The Balaban J connectivity index is 1.97. The standard InChI is InChI=1S/C18H24N2O2/c1-11-7-8-14-13(12(11)2)10-15(19-14)17(21)20-9-5-6-16(20)18(3,4)22/h7-8,10,16,19,22H,5-6,9H2,1-4H3. The Bertz CT molecular complexity index is 724. The fraction of sp³-hybridized carbons (Fsp3) is 0.500. The van der Waals surface area contributed by atoms with E-state index in [2.05, 4.69) is 24.9 Å². The maximum atomic E-state index is 12.9. The molecule has 2 aromatic rings. The van der Waals surface area contributed by atoms with Gasteiger partial charge in [-0.05, 0) is 63.8 Å². The van der Waals surface area contributed by atoms with Crippen molar-refractivity contribution in [3.63, 3.8) is 0 Å². The molecular weight excluding hydrogens is 276 g/mol. The fourth-order valence-electron chi connectivity index (χ4n) is 3.47. The molecule has 22 heavy (non-hydrogen) atoms. The average Bonchev–Trinajstić information content (AvgIpc) is 3.08. The first-order valence-electron chi connectivity index (χ1n) is 7.91. The van der Waals surface area contributed by atoms with Crippen LogP contribution in [-0.4, -0.2) is 39.1 Å². The summed E-state index contributed by atoms with van der Waals surface area (Å²) in [6.07, 6.45) is 1.80. The number of nitrogens with one attached hydrogen (secondary N) is 1. The van der Waals surface area contributed by atoms with Crippen molar-refractivity contribution in [2.75, 3.05) is 6.54 Å². The lowest BCUT2D eigenvalue weighted by Crippen LogP contribution is -2.48. The van der Waals surface area contributed by atoms with Crippen molar-refractivity contribution in [3.05, 3.63) is 35.0 Å². The maximum Gasteiger partial charge on any atom is 0.270 e. The smallest absolute Gasteiger partial charge is 0.270 e. The van der Waals surface area contributed by atoms with E-state index in [1.54, 1.807) is 13.8 Å². The quantitative estimate of drug-likeness (QED) is 0.895. The third-order valence-corrected chi connectivity index (χ3v) is 4.90. The average molecular weight is 300 g/mol. The second kappa shape index (κ2) is 5.13. The van der Waals surface area contributed by atoms with Gasteiger partial charge in [-0.25, -0.2) is 0 Å². The van der Waals surface area contributed by atoms with Crippen molar-refractivity contribution < 1.29 is 9.90 Å². The number of likely N-dealkylation sites (tertiary alicyclic amines) is 1. The summed E-state index contributed by atoms with van der Waals surface area (Å²) in [5.41, 5.74) is 3.16. The van der Waals surface area contributed by atoms with Gasteiger partial charge < -0.3 is 15.0 Å². The molecule has 118 valence electrons. The van der Waals surface area contributed by atoms with Crippen LogP contribution in [0.5, 0.6) is 0 Å². The molecule has 1 aromatic heterocycles. The molecule has 1 amide bonds. The lowest BCUT2D eigenvalue weighted by Gasteiger charge is -2.33. The van der Waals surface area contributed by atoms with E-state index in [1.807, 2.05) is 17.0 Å². The molecule has 1 aliphatic rings. The largest absolute Gasteiger partial charge is 0.388 e. The summed E-state index contributed by atoms with van der Waals surface area (Å²) in [4.78, 5) is 17.9. The number of aliphatic hydroxyl groups is 1. The van der Waals surface area contributed by atoms with E-state index in [4.69, 9.17) is 0 Å². The molecular formula is C18H24N2O2. The SMILES string of the molecule is Cc1ccc2[nH]c(C(=O)N3CCCC3C(C)(C)O)cc2c1C. The van der Waals surface area contributed by atoms with Gasteiger partial charge in [0.1, 0.15) is 5.69 Å². The van der Waals surface area contributed by atoms with E-state index in [0.29, 0.717) is 12.2 Å². The number of nitrogens with zero attached hydrogens (tertiary/aromatic N) is 1. The zero-order valence-electron chi connectivity index (χ0n) is 13.7. The molecule has 3 rings (SSSR count). The molecule has 1 unspecified atom stereocenters. The molecule has 1 saturated heterocycles. The van der Waals surface area contributed by atoms with Crippen LogP contribution in [0.2, 0.25) is 0 Å². The van der Waals surface area contributed by atoms with E-state index < -0.39 is 5.60 Å². The Labute approximate surface area is 131 Å². The minimum atomic E-state index is -0.870. The van der Waals surface area contributed by atoms with Gasteiger partial charge in [0.25, 0.3) is 5.91 Å². The van der Waals surface area contributed by atoms with Gasteiger partial charge in [0.2, 0.25) is 0 Å². The number of hydrogen-bond acceptors (Lipinski definition) is 2. The van der Waals surface area contributed by atoms with E-state index in [1.165, 1.54) is 11.1 Å². The number of aromatic nitrogens is 1. The fourth-order valence-corrected chi connectivity index (χ4v) is 3.47. The number of rotatable bonds is 2. The van der Waals surface area contributed by atoms with Crippen molar-refractivity contribution in [2.45, 2.75) is 52.2 Å². The van der Waals surface area contributed by atoms with Crippen LogP contribution in [0.25, 0.3) is 10.9 Å². The molecule has 2 N–H and O–H groups in total. The summed E-state index contributed by atoms with van der Waals surface area (Å²) >= 11 is 0. The van der Waals surface area contributed by atoms with Crippen LogP contribution in [0, 0.1) is 13.8 Å². The number of aryl methyl sites for hydroxylation is 2. The maximum absolute atomic E-state index is 12.9. The van der Waals surface area contributed by atoms with Gasteiger partial charge >= 0.3 is 0 Å². The van der Waals surface area contributed by atoms with Crippen molar-refractivity contribution in [3.8, 4) is 0 Å². The minimum Gasteiger partial charge on any atom is -0.388 e. The van der Waals surface area contributed by atoms with Gasteiger partial charge in [0.05, 0.1) is 11.6 Å². The third-order valence-electron chi connectivity index (χ3n) is 4.90. The van der Waals surface area contributed by atoms with Gasteiger partial charge in [0, 0.05) is 17.4 Å². The van der Waals surface area contributed by atoms with Crippen molar-refractivity contribution in [1.29, 1.82) is 0 Å². The van der Waals surface area contributed by atoms with Gasteiger partial charge in [-0.15, -0.1) is 0 Å². The molecule has 1 atom stereocenters. The number of hydrogen-bond donors (Lipinski definition) is 2. The zero-order chi connectivity index (χ0) is 16.1. The normalized spacial score (nSPS) is 19.1. The number of aromatic amines is 1. The van der Waals surface area contributed by atoms with Crippen molar-refractivity contribution in [2.24, 2.45) is 0 Å². The molecule has 0 bridgehead atoms. The Morgan fingerprint density at radius 1 is 1.36 bits per heavy atom. The Hall–Kier alpha value is -1.81. The van der Waals surface area contributed by atoms with Crippen molar-refractivity contribution >= 4 is 16.8 Å². The van der Waals surface area contributed by atoms with E-state index >= 15 is 0 Å². The first kappa shape index (κ1) is 15.1. The van der Waals surface area contributed by atoms with Crippen LogP contribution < -0.4 is 0 Å². The highest BCUT2D eigenvalue weighted by molar-refractivity contribution is 5.99. The highest BCUT2D eigenvalue weighted by Gasteiger charge is 2.39. The summed E-state index contributed by atoms with van der Waals surface area (Å²) in [5.74, 6) is -0.0159. The molecule has 2 heterocycles. The molecule has 0 aliphatic carbocycles. The second-order valence-electron chi connectivity index (χ2n) is 6.96. The minimum absolute atomic E-state index is 0.0159. The molecule has 4 nitrogen and oxygen atoms in total. The molecule has 4 heteroatoms. The Morgan fingerprint density at radius 2 is 2.09 bits per heavy atom. The van der Waals surface area contributed by atoms with Crippen LogP contribution in [0.1, 0.15) is 48.3 Å². The number of amides is 1. The van der Waals surface area contributed by atoms with Gasteiger partial charge in [0.15, 0.2) is 0 Å². The summed E-state index contributed by atoms with van der Waals surface area (Å²) in [5, 5.41) is 11.4. The first-order chi connectivity index (χ1) is 10.3. The predicted octanol–water partition coefficient (Wildman–Crippen LogP) is 3.16. The summed E-state index contributed by atoms with van der Waals surface area (Å²) in [7, 11) is 0. The van der Waals surface area contributed by atoms with Crippen molar-refractivity contribution in [1.82, 2.24) is 9.88 Å². The highest BCUT2D eigenvalue weighted by Crippen LogP contribution is 2.29. The molecule has 0 saturated carbocycles. The Morgan fingerprint density at radius 3 is 2.77 bits per heavy atom. The van der Waals surface area contributed by atoms with Crippen LogP contribution in [0.3, 0.4) is 0 Å². The summed E-state index contributed by atoms with van der Waals surface area (Å²) in [6.45, 7) is 8.42. The number of carbonyl (C=O) groups excluding carboxylic acids is 1. The molecule has 1 aromatic carbocycles. The van der Waals surface area contributed by atoms with E-state index in [0.717, 1.165) is 23.7 Å². The summed E-state index contributed by atoms with van der Waals surface area (Å²) < 4.78 is 0. The van der Waals surface area contributed by atoms with E-state index in [-0.39, 0.29) is 11.9 Å². The predicted molar refractivity (Wildman–Crippen MR) is 88.1 cm³/mol. The van der Waals surface area contributed by atoms with Gasteiger partial charge in [-0.3, -0.25) is 4.79 Å². The van der Waals surface area contributed by atoms with Gasteiger partial charge in [-0.2, -0.15) is 0 Å². The molecule has 0 spiro atoms. The molecule has 1 aliphatic heterocycles. The van der Waals surface area contributed by atoms with Crippen LogP contribution in [-0.2, 0) is 0 Å². The third kappa shape index (κ3) is 2.41. The molecule has 0 radical (unpaired) electrons.